The highest BCUT2D eigenvalue weighted by atomic mass is 32.2. The smallest absolute Gasteiger partial charge is 0.169 e. The van der Waals surface area contributed by atoms with E-state index in [-0.39, 0.29) is 5.75 Å². The molecule has 1 N–H and O–H groups in total. The number of para-hydroxylation sites is 1. The van der Waals surface area contributed by atoms with Gasteiger partial charge in [-0.2, -0.15) is 0 Å². The van der Waals surface area contributed by atoms with E-state index in [9.17, 15) is 9.90 Å². The number of ether oxygens (including phenoxy) is 1. The van der Waals surface area contributed by atoms with Gasteiger partial charge in [-0.15, -0.1) is 6.58 Å². The molecule has 0 saturated carbocycles. The number of rotatable bonds is 9. The third-order valence-electron chi connectivity index (χ3n) is 4.68. The highest BCUT2D eigenvalue weighted by Gasteiger charge is 2.14. The Balaban J connectivity index is 1.95. The number of aldehydes is 1. The molecule has 1 aromatic heterocycles. The summed E-state index contributed by atoms with van der Waals surface area (Å²) >= 11 is 1.25. The van der Waals surface area contributed by atoms with Crippen molar-refractivity contribution in [3.8, 4) is 11.5 Å². The third-order valence-corrected chi connectivity index (χ3v) is 5.71. The summed E-state index contributed by atoms with van der Waals surface area (Å²) in [6, 6.07) is 16.8. The van der Waals surface area contributed by atoms with Crippen LogP contribution in [0.3, 0.4) is 0 Å². The Morgan fingerprint density at radius 2 is 2.03 bits per heavy atom. The van der Waals surface area contributed by atoms with Gasteiger partial charge in [0, 0.05) is 12.6 Å². The van der Waals surface area contributed by atoms with E-state index in [1.54, 1.807) is 24.5 Å². The second-order valence-corrected chi connectivity index (χ2v) is 8.20. The maximum atomic E-state index is 12.0. The molecule has 3 rings (SSSR count). The van der Waals surface area contributed by atoms with Crippen molar-refractivity contribution in [3.05, 3.63) is 95.3 Å². The van der Waals surface area contributed by atoms with Gasteiger partial charge in [-0.05, 0) is 66.2 Å². The molecule has 0 atom stereocenters. The third kappa shape index (κ3) is 6.63. The van der Waals surface area contributed by atoms with Gasteiger partial charge in [-0.25, -0.2) is 4.99 Å². The summed E-state index contributed by atoms with van der Waals surface area (Å²) in [5, 5.41) is 11.0. The summed E-state index contributed by atoms with van der Waals surface area (Å²) in [4.78, 5) is 19.1. The van der Waals surface area contributed by atoms with Gasteiger partial charge in [0.15, 0.2) is 23.0 Å². The van der Waals surface area contributed by atoms with Crippen molar-refractivity contribution in [2.45, 2.75) is 13.0 Å². The lowest BCUT2D eigenvalue weighted by molar-refractivity contribution is -0.104. The number of nitrogens with zero attached hydrogens (tertiary/aromatic N) is 2. The molecule has 0 unspecified atom stereocenters. The number of allylic oxidation sites excluding steroid dienone is 2. The van der Waals surface area contributed by atoms with Crippen molar-refractivity contribution < 1.29 is 19.1 Å². The monoisotopic (exact) mass is 462 g/mol. The number of methoxy groups -OCH3 is 1. The highest BCUT2D eigenvalue weighted by molar-refractivity contribution is 8.17. The largest absolute Gasteiger partial charge is 0.504 e. The van der Waals surface area contributed by atoms with Crippen LogP contribution in [0.5, 0.6) is 11.5 Å². The van der Waals surface area contributed by atoms with E-state index in [1.807, 2.05) is 60.5 Å². The van der Waals surface area contributed by atoms with Crippen LogP contribution in [0.4, 0.5) is 5.69 Å². The Morgan fingerprint density at radius 1 is 1.24 bits per heavy atom. The van der Waals surface area contributed by atoms with Gasteiger partial charge in [-0.3, -0.25) is 4.79 Å². The SMILES string of the molecule is C=CCc1cc(/C=C(/C=O)SC(=Nc2ccccc2)N(C)Cc2ccco2)cc(OC)c1O. The van der Waals surface area contributed by atoms with Crippen LogP contribution < -0.4 is 4.74 Å². The number of benzene rings is 2. The first-order chi connectivity index (χ1) is 16.0. The Hall–Kier alpha value is -3.71. The lowest BCUT2D eigenvalue weighted by Gasteiger charge is -2.20. The maximum Gasteiger partial charge on any atom is 0.169 e. The van der Waals surface area contributed by atoms with Gasteiger partial charge < -0.3 is 19.2 Å². The lowest BCUT2D eigenvalue weighted by Crippen LogP contribution is -2.23. The molecule has 0 spiro atoms. The van der Waals surface area contributed by atoms with Crippen molar-refractivity contribution in [3.63, 3.8) is 0 Å². The molecule has 0 aliphatic heterocycles. The zero-order chi connectivity index (χ0) is 23.6. The van der Waals surface area contributed by atoms with Gasteiger partial charge >= 0.3 is 0 Å². The van der Waals surface area contributed by atoms with Crippen LogP contribution in [-0.4, -0.2) is 35.6 Å². The molecule has 0 saturated heterocycles. The molecule has 0 bridgehead atoms. The lowest BCUT2D eigenvalue weighted by atomic mass is 10.1. The summed E-state index contributed by atoms with van der Waals surface area (Å²) in [7, 11) is 3.38. The van der Waals surface area contributed by atoms with Crippen molar-refractivity contribution >= 4 is 35.0 Å². The van der Waals surface area contributed by atoms with E-state index < -0.39 is 0 Å². The van der Waals surface area contributed by atoms with Crippen LogP contribution >= 0.6 is 11.8 Å². The van der Waals surface area contributed by atoms with Crippen LogP contribution in [0.15, 0.2) is 87.8 Å². The zero-order valence-electron chi connectivity index (χ0n) is 18.6. The number of hydrogen-bond acceptors (Lipinski definition) is 6. The molecule has 3 aromatic rings. The molecular weight excluding hydrogens is 436 g/mol. The standard InChI is InChI=1S/C26H26N2O4S/c1-4-9-20-14-19(16-24(31-3)25(20)30)15-23(18-29)33-26(27-21-10-6-5-7-11-21)28(2)17-22-12-8-13-32-22/h4-8,10-16,18,30H,1,9,17H2,2-3H3/b23-15-,27-26?. The fourth-order valence-corrected chi connectivity index (χ4v) is 3.92. The fourth-order valence-electron chi connectivity index (χ4n) is 3.10. The number of phenolic OH excluding ortho intramolecular Hbond substituents is 1. The first-order valence-electron chi connectivity index (χ1n) is 10.3. The second kappa shape index (κ2) is 11.8. The maximum absolute atomic E-state index is 12.0. The van der Waals surface area contributed by atoms with Crippen LogP contribution in [0.1, 0.15) is 16.9 Å². The normalized spacial score (nSPS) is 11.8. The Morgan fingerprint density at radius 3 is 2.67 bits per heavy atom. The van der Waals surface area contributed by atoms with E-state index in [0.29, 0.717) is 34.4 Å². The summed E-state index contributed by atoms with van der Waals surface area (Å²) in [5.41, 5.74) is 2.17. The molecule has 7 heteroatoms. The minimum atomic E-state index is 0.0689. The molecule has 0 radical (unpaired) electrons. The minimum absolute atomic E-state index is 0.0689. The number of phenols is 1. The van der Waals surface area contributed by atoms with Crippen molar-refractivity contribution in [2.24, 2.45) is 4.99 Å². The Kier molecular flexibility index (Phi) is 8.55. The number of hydrogen-bond donors (Lipinski definition) is 1. The number of aliphatic imine (C=N–C) groups is 1. The zero-order valence-corrected chi connectivity index (χ0v) is 19.4. The number of furan rings is 1. The molecule has 0 aliphatic carbocycles. The van der Waals surface area contributed by atoms with E-state index >= 15 is 0 Å². The second-order valence-electron chi connectivity index (χ2n) is 7.16. The molecule has 0 aliphatic rings. The van der Waals surface area contributed by atoms with Crippen LogP contribution in [0.25, 0.3) is 6.08 Å². The number of carbonyl (C=O) groups is 1. The van der Waals surface area contributed by atoms with Crippen LogP contribution in [0, 0.1) is 0 Å². The molecule has 2 aromatic carbocycles. The minimum Gasteiger partial charge on any atom is -0.504 e. The van der Waals surface area contributed by atoms with E-state index in [1.165, 1.54) is 18.9 Å². The van der Waals surface area contributed by atoms with Gasteiger partial charge in [0.2, 0.25) is 0 Å². The predicted molar refractivity (Wildman–Crippen MR) is 134 cm³/mol. The molecular formula is C26H26N2O4S. The van der Waals surface area contributed by atoms with E-state index in [2.05, 4.69) is 6.58 Å². The molecule has 0 fully saturated rings. The Bertz CT molecular complexity index is 1140. The summed E-state index contributed by atoms with van der Waals surface area (Å²) in [5.74, 6) is 1.19. The quantitative estimate of drug-likeness (QED) is 0.142. The van der Waals surface area contributed by atoms with Gasteiger partial charge in [0.25, 0.3) is 0 Å². The predicted octanol–water partition coefficient (Wildman–Crippen LogP) is 5.82. The summed E-state index contributed by atoms with van der Waals surface area (Å²) < 4.78 is 10.8. The topological polar surface area (TPSA) is 75.3 Å². The van der Waals surface area contributed by atoms with Crippen molar-refractivity contribution in [2.75, 3.05) is 14.2 Å². The van der Waals surface area contributed by atoms with E-state index in [4.69, 9.17) is 14.1 Å². The molecule has 6 nitrogen and oxygen atoms in total. The number of carbonyl (C=O) groups excluding carboxylic acids is 1. The summed E-state index contributed by atoms with van der Waals surface area (Å²) in [6.45, 7) is 4.23. The summed E-state index contributed by atoms with van der Waals surface area (Å²) in [6.07, 6.45) is 6.33. The number of thioether (sulfide) groups is 1. The van der Waals surface area contributed by atoms with Crippen LogP contribution in [-0.2, 0) is 17.8 Å². The van der Waals surface area contributed by atoms with E-state index in [0.717, 1.165) is 23.3 Å². The van der Waals surface area contributed by atoms with Gasteiger partial charge in [0.1, 0.15) is 5.76 Å². The van der Waals surface area contributed by atoms with Gasteiger partial charge in [0.05, 0.1) is 30.5 Å². The molecule has 170 valence electrons. The molecule has 33 heavy (non-hydrogen) atoms. The first kappa shape index (κ1) is 23.9. The average Bonchev–Trinajstić information content (AvgIpc) is 3.33. The fraction of sp³-hybridized carbons (Fsp3) is 0.154. The number of amidine groups is 1. The van der Waals surface area contributed by atoms with Crippen molar-refractivity contribution in [1.82, 2.24) is 4.90 Å². The molecule has 0 amide bonds. The average molecular weight is 463 g/mol. The van der Waals surface area contributed by atoms with Gasteiger partial charge in [-0.1, -0.05) is 24.3 Å². The molecule has 1 heterocycles. The Labute approximate surface area is 197 Å². The van der Waals surface area contributed by atoms with Crippen LogP contribution in [0.2, 0.25) is 0 Å². The first-order valence-corrected chi connectivity index (χ1v) is 11.1. The number of aromatic hydroxyl groups is 1. The van der Waals surface area contributed by atoms with Crippen molar-refractivity contribution in [1.29, 1.82) is 0 Å². The highest BCUT2D eigenvalue weighted by Crippen LogP contribution is 2.34.